The van der Waals surface area contributed by atoms with Gasteiger partial charge in [-0.15, -0.1) is 0 Å². The maximum atomic E-state index is 10.3. The highest BCUT2D eigenvalue weighted by Crippen LogP contribution is 2.37. The Balaban J connectivity index is 1.93. The summed E-state index contributed by atoms with van der Waals surface area (Å²) in [5, 5.41) is 13.7. The number of halogens is 1. The van der Waals surface area contributed by atoms with Gasteiger partial charge in [0.25, 0.3) is 0 Å². The fourth-order valence-corrected chi connectivity index (χ4v) is 3.11. The molecule has 2 heterocycles. The number of benzene rings is 2. The summed E-state index contributed by atoms with van der Waals surface area (Å²) in [6, 6.07) is 15.2. The first-order valence-corrected chi connectivity index (χ1v) is 8.57. The number of hydrogen-bond donors (Lipinski definition) is 2. The van der Waals surface area contributed by atoms with E-state index >= 15 is 0 Å². The van der Waals surface area contributed by atoms with Crippen LogP contribution >= 0.6 is 15.9 Å². The molecule has 5 nitrogen and oxygen atoms in total. The molecular weight excluding hydrogens is 380 g/mol. The van der Waals surface area contributed by atoms with E-state index < -0.39 is 0 Å². The van der Waals surface area contributed by atoms with Crippen LogP contribution in [0.1, 0.15) is 5.56 Å². The molecule has 0 saturated carbocycles. The minimum atomic E-state index is 0.166. The van der Waals surface area contributed by atoms with Crippen molar-refractivity contribution < 1.29 is 5.11 Å². The fraction of sp³-hybridized carbons (Fsp3) is 0.0526. The van der Waals surface area contributed by atoms with Crippen LogP contribution < -0.4 is 5.32 Å². The van der Waals surface area contributed by atoms with Crippen LogP contribution in [-0.2, 0) is 0 Å². The molecule has 0 aliphatic carbocycles. The second-order valence-corrected chi connectivity index (χ2v) is 6.67. The first-order valence-electron chi connectivity index (χ1n) is 7.77. The van der Waals surface area contributed by atoms with Gasteiger partial charge in [-0.2, -0.15) is 0 Å². The number of aromatic nitrogens is 3. The molecule has 2 aromatic heterocycles. The molecule has 0 radical (unpaired) electrons. The molecule has 0 spiro atoms. The van der Waals surface area contributed by atoms with Gasteiger partial charge in [0.15, 0.2) is 0 Å². The molecule has 0 unspecified atom stereocenters. The molecule has 0 atom stereocenters. The molecule has 0 fully saturated rings. The van der Waals surface area contributed by atoms with Gasteiger partial charge >= 0.3 is 0 Å². The standard InChI is InChI=1S/C19H15BrN4O/c1-12-4-2-5-14(10-12)22-18-17(15-11-13(20)6-7-16(15)25)23-19-21-8-3-9-24(18)19/h2-11,22,25H,1H3. The molecule has 124 valence electrons. The molecule has 4 aromatic rings. The predicted molar refractivity (Wildman–Crippen MR) is 102 cm³/mol. The average molecular weight is 395 g/mol. The zero-order valence-electron chi connectivity index (χ0n) is 13.4. The van der Waals surface area contributed by atoms with Gasteiger partial charge in [0, 0.05) is 28.1 Å². The van der Waals surface area contributed by atoms with E-state index in [2.05, 4.69) is 37.3 Å². The first kappa shape index (κ1) is 15.7. The predicted octanol–water partition coefficient (Wildman–Crippen LogP) is 4.92. The van der Waals surface area contributed by atoms with Gasteiger partial charge in [0.2, 0.25) is 5.78 Å². The van der Waals surface area contributed by atoms with Gasteiger partial charge in [0.05, 0.1) is 0 Å². The number of fused-ring (bicyclic) bond motifs is 1. The Hall–Kier alpha value is -2.86. The molecule has 25 heavy (non-hydrogen) atoms. The summed E-state index contributed by atoms with van der Waals surface area (Å²) in [6.45, 7) is 2.04. The van der Waals surface area contributed by atoms with E-state index in [1.54, 1.807) is 18.3 Å². The minimum absolute atomic E-state index is 0.166. The summed E-state index contributed by atoms with van der Waals surface area (Å²) < 4.78 is 2.74. The van der Waals surface area contributed by atoms with E-state index in [4.69, 9.17) is 0 Å². The highest BCUT2D eigenvalue weighted by molar-refractivity contribution is 9.10. The maximum Gasteiger partial charge on any atom is 0.235 e. The summed E-state index contributed by atoms with van der Waals surface area (Å²) in [4.78, 5) is 8.93. The Bertz CT molecular complexity index is 1070. The van der Waals surface area contributed by atoms with Crippen molar-refractivity contribution in [1.82, 2.24) is 14.4 Å². The van der Waals surface area contributed by atoms with E-state index in [1.807, 2.05) is 47.9 Å². The molecule has 2 aromatic carbocycles. The van der Waals surface area contributed by atoms with Gasteiger partial charge in [-0.05, 0) is 48.9 Å². The van der Waals surface area contributed by atoms with Crippen molar-refractivity contribution >= 4 is 33.2 Å². The number of nitrogens with one attached hydrogen (secondary N) is 1. The number of phenolic OH excluding ortho intramolecular Hbond substituents is 1. The molecular formula is C19H15BrN4O. The molecule has 6 heteroatoms. The molecule has 0 bridgehead atoms. The summed E-state index contributed by atoms with van der Waals surface area (Å²) in [6.07, 6.45) is 3.59. The second-order valence-electron chi connectivity index (χ2n) is 5.75. The van der Waals surface area contributed by atoms with Gasteiger partial charge < -0.3 is 10.4 Å². The van der Waals surface area contributed by atoms with Crippen molar-refractivity contribution in [1.29, 1.82) is 0 Å². The number of aryl methyl sites for hydroxylation is 1. The Morgan fingerprint density at radius 3 is 2.84 bits per heavy atom. The van der Waals surface area contributed by atoms with Crippen molar-refractivity contribution in [2.75, 3.05) is 5.32 Å². The fourth-order valence-electron chi connectivity index (χ4n) is 2.75. The number of aromatic hydroxyl groups is 1. The lowest BCUT2D eigenvalue weighted by Crippen LogP contribution is -1.97. The van der Waals surface area contributed by atoms with E-state index in [0.717, 1.165) is 21.5 Å². The number of phenols is 1. The molecule has 0 saturated heterocycles. The number of rotatable bonds is 3. The number of hydrogen-bond acceptors (Lipinski definition) is 4. The van der Waals surface area contributed by atoms with Gasteiger partial charge in [-0.1, -0.05) is 28.1 Å². The SMILES string of the molecule is Cc1cccc(Nc2c(-c3cc(Br)ccc3O)nc3ncccn23)c1. The van der Waals surface area contributed by atoms with Gasteiger partial charge in [-0.3, -0.25) is 4.40 Å². The third kappa shape index (κ3) is 2.96. The average Bonchev–Trinajstić information content (AvgIpc) is 2.96. The summed E-state index contributed by atoms with van der Waals surface area (Å²) >= 11 is 3.46. The Morgan fingerprint density at radius 2 is 2.00 bits per heavy atom. The smallest absolute Gasteiger partial charge is 0.235 e. The number of imidazole rings is 1. The van der Waals surface area contributed by atoms with Crippen molar-refractivity contribution in [3.05, 3.63) is 71.0 Å². The Labute approximate surface area is 153 Å². The second kappa shape index (κ2) is 6.22. The van der Waals surface area contributed by atoms with Crippen LogP contribution in [0, 0.1) is 6.92 Å². The molecule has 0 aliphatic rings. The largest absolute Gasteiger partial charge is 0.507 e. The van der Waals surface area contributed by atoms with Crippen molar-refractivity contribution in [2.45, 2.75) is 6.92 Å². The van der Waals surface area contributed by atoms with Crippen LogP contribution in [0.2, 0.25) is 0 Å². The molecule has 4 rings (SSSR count). The van der Waals surface area contributed by atoms with Gasteiger partial charge in [0.1, 0.15) is 17.3 Å². The van der Waals surface area contributed by atoms with E-state index in [1.165, 1.54) is 0 Å². The van der Waals surface area contributed by atoms with Crippen molar-refractivity contribution in [3.63, 3.8) is 0 Å². The van der Waals surface area contributed by atoms with E-state index in [-0.39, 0.29) is 5.75 Å². The molecule has 0 amide bonds. The van der Waals surface area contributed by atoms with Crippen LogP contribution in [0.15, 0.2) is 65.4 Å². The van der Waals surface area contributed by atoms with Crippen LogP contribution in [0.5, 0.6) is 5.75 Å². The van der Waals surface area contributed by atoms with Crippen LogP contribution in [0.3, 0.4) is 0 Å². The van der Waals surface area contributed by atoms with Crippen molar-refractivity contribution in [2.24, 2.45) is 0 Å². The monoisotopic (exact) mass is 394 g/mol. The summed E-state index contributed by atoms with van der Waals surface area (Å²) in [5.74, 6) is 1.48. The van der Waals surface area contributed by atoms with Gasteiger partial charge in [-0.25, -0.2) is 9.97 Å². The topological polar surface area (TPSA) is 62.5 Å². The highest BCUT2D eigenvalue weighted by Gasteiger charge is 2.18. The summed E-state index contributed by atoms with van der Waals surface area (Å²) in [7, 11) is 0. The third-order valence-electron chi connectivity index (χ3n) is 3.90. The molecule has 0 aliphatic heterocycles. The maximum absolute atomic E-state index is 10.3. The van der Waals surface area contributed by atoms with Crippen LogP contribution in [0.25, 0.3) is 17.0 Å². The lowest BCUT2D eigenvalue weighted by atomic mass is 10.1. The summed E-state index contributed by atoms with van der Waals surface area (Å²) in [5.41, 5.74) is 3.37. The van der Waals surface area contributed by atoms with Crippen LogP contribution in [-0.4, -0.2) is 19.5 Å². The molecule has 2 N–H and O–H groups in total. The quantitative estimate of drug-likeness (QED) is 0.517. The van der Waals surface area contributed by atoms with E-state index in [9.17, 15) is 5.11 Å². The number of nitrogens with zero attached hydrogens (tertiary/aromatic N) is 3. The normalized spacial score (nSPS) is 11.0. The zero-order valence-corrected chi connectivity index (χ0v) is 15.0. The Kier molecular flexibility index (Phi) is 3.89. The van der Waals surface area contributed by atoms with E-state index in [0.29, 0.717) is 17.0 Å². The lowest BCUT2D eigenvalue weighted by molar-refractivity contribution is 0.477. The lowest BCUT2D eigenvalue weighted by Gasteiger charge is -2.10. The van der Waals surface area contributed by atoms with Crippen molar-refractivity contribution in [3.8, 4) is 17.0 Å². The first-order chi connectivity index (χ1) is 12.1. The Morgan fingerprint density at radius 1 is 1.12 bits per heavy atom. The number of anilines is 2. The third-order valence-corrected chi connectivity index (χ3v) is 4.39. The minimum Gasteiger partial charge on any atom is -0.507 e. The van der Waals surface area contributed by atoms with Crippen LogP contribution in [0.4, 0.5) is 11.5 Å². The zero-order chi connectivity index (χ0) is 17.4. The highest BCUT2D eigenvalue weighted by atomic mass is 79.9.